The number of benzene rings is 1. The molecule has 1 N–H and O–H groups in total. The third-order valence-corrected chi connectivity index (χ3v) is 4.17. The Labute approximate surface area is 110 Å². The van der Waals surface area contributed by atoms with Crippen LogP contribution in [0.4, 0.5) is 4.39 Å². The van der Waals surface area contributed by atoms with Crippen LogP contribution in [0.5, 0.6) is 0 Å². The van der Waals surface area contributed by atoms with E-state index in [2.05, 4.69) is 0 Å². The van der Waals surface area contributed by atoms with Crippen LogP contribution in [-0.4, -0.2) is 50.6 Å². The van der Waals surface area contributed by atoms with E-state index in [0.29, 0.717) is 0 Å². The van der Waals surface area contributed by atoms with E-state index in [0.717, 1.165) is 16.4 Å². The number of carbonyl (C=O) groups is 1. The number of carboxylic acid groups (broad SMARTS) is 1. The van der Waals surface area contributed by atoms with Crippen LogP contribution >= 0.6 is 0 Å². The topological polar surface area (TPSA) is 83.9 Å². The standard InChI is InChI=1S/C11H14FNO5S/c1-13(6-7-18-8-11(14)15)19(16,17)10-4-2-9(12)3-5-10/h2-5H,6-8H2,1H3,(H,14,15). The van der Waals surface area contributed by atoms with Crippen LogP contribution in [0.1, 0.15) is 0 Å². The van der Waals surface area contributed by atoms with Gasteiger partial charge in [0.05, 0.1) is 11.5 Å². The molecule has 1 rings (SSSR count). The lowest BCUT2D eigenvalue weighted by Crippen LogP contribution is -2.30. The highest BCUT2D eigenvalue weighted by atomic mass is 32.2. The van der Waals surface area contributed by atoms with Crippen molar-refractivity contribution in [1.82, 2.24) is 4.31 Å². The number of likely N-dealkylation sites (N-methyl/N-ethyl adjacent to an activating group) is 1. The Kier molecular flexibility index (Phi) is 5.40. The predicted octanol–water partition coefficient (Wildman–Crippen LogP) is 0.547. The van der Waals surface area contributed by atoms with Crippen LogP contribution in [0, 0.1) is 5.82 Å². The van der Waals surface area contributed by atoms with E-state index in [-0.39, 0.29) is 18.0 Å². The minimum Gasteiger partial charge on any atom is -0.480 e. The second-order valence-electron chi connectivity index (χ2n) is 3.73. The predicted molar refractivity (Wildman–Crippen MR) is 64.7 cm³/mol. The van der Waals surface area contributed by atoms with Crippen molar-refractivity contribution in [3.8, 4) is 0 Å². The Morgan fingerprint density at radius 2 is 1.95 bits per heavy atom. The number of halogens is 1. The molecule has 0 aliphatic carbocycles. The SMILES string of the molecule is CN(CCOCC(=O)O)S(=O)(=O)c1ccc(F)cc1. The molecule has 8 heteroatoms. The third kappa shape index (κ3) is 4.58. The molecule has 1 aromatic rings. The number of aliphatic carboxylic acids is 1. The summed E-state index contributed by atoms with van der Waals surface area (Å²) in [5.74, 6) is -1.64. The summed E-state index contributed by atoms with van der Waals surface area (Å²) in [5, 5.41) is 8.35. The van der Waals surface area contributed by atoms with Gasteiger partial charge < -0.3 is 9.84 Å². The van der Waals surface area contributed by atoms with Gasteiger partial charge in [0.25, 0.3) is 0 Å². The first-order valence-electron chi connectivity index (χ1n) is 5.35. The molecule has 0 atom stereocenters. The number of carboxylic acids is 1. The van der Waals surface area contributed by atoms with Gasteiger partial charge >= 0.3 is 5.97 Å². The summed E-state index contributed by atoms with van der Waals surface area (Å²) in [6, 6.07) is 4.45. The summed E-state index contributed by atoms with van der Waals surface area (Å²) in [4.78, 5) is 10.2. The molecule has 19 heavy (non-hydrogen) atoms. The Hall–Kier alpha value is -1.51. The highest BCUT2D eigenvalue weighted by Crippen LogP contribution is 2.14. The number of sulfonamides is 1. The second kappa shape index (κ2) is 6.60. The van der Waals surface area contributed by atoms with Crippen molar-refractivity contribution in [3.05, 3.63) is 30.1 Å². The number of rotatable bonds is 7. The van der Waals surface area contributed by atoms with Gasteiger partial charge in [0.2, 0.25) is 10.0 Å². The molecule has 0 aliphatic rings. The van der Waals surface area contributed by atoms with Gasteiger partial charge in [-0.05, 0) is 24.3 Å². The highest BCUT2D eigenvalue weighted by Gasteiger charge is 2.20. The molecule has 0 fully saturated rings. The lowest BCUT2D eigenvalue weighted by Gasteiger charge is -2.16. The van der Waals surface area contributed by atoms with Crippen LogP contribution in [0.2, 0.25) is 0 Å². The molecule has 0 saturated carbocycles. The molecule has 1 aromatic carbocycles. The van der Waals surface area contributed by atoms with Gasteiger partial charge in [-0.2, -0.15) is 4.31 Å². The molecule has 0 aliphatic heterocycles. The van der Waals surface area contributed by atoms with Gasteiger partial charge in [0.1, 0.15) is 12.4 Å². The molecular weight excluding hydrogens is 277 g/mol. The fraction of sp³-hybridized carbons (Fsp3) is 0.364. The Morgan fingerprint density at radius 1 is 1.37 bits per heavy atom. The number of nitrogens with zero attached hydrogens (tertiary/aromatic N) is 1. The van der Waals surface area contributed by atoms with Crippen LogP contribution in [0.25, 0.3) is 0 Å². The monoisotopic (exact) mass is 291 g/mol. The number of hydrogen-bond acceptors (Lipinski definition) is 4. The number of hydrogen-bond donors (Lipinski definition) is 1. The first kappa shape index (κ1) is 15.5. The van der Waals surface area contributed by atoms with Crippen LogP contribution in [-0.2, 0) is 19.6 Å². The molecule has 0 spiro atoms. The first-order chi connectivity index (χ1) is 8.84. The summed E-state index contributed by atoms with van der Waals surface area (Å²) < 4.78 is 42.5. The molecule has 0 unspecified atom stereocenters. The van der Waals surface area contributed by atoms with E-state index in [1.165, 1.54) is 19.2 Å². The smallest absolute Gasteiger partial charge is 0.329 e. The van der Waals surface area contributed by atoms with Crippen molar-refractivity contribution in [2.24, 2.45) is 0 Å². The van der Waals surface area contributed by atoms with Gasteiger partial charge in [0.15, 0.2) is 0 Å². The van der Waals surface area contributed by atoms with Gasteiger partial charge in [-0.3, -0.25) is 0 Å². The second-order valence-corrected chi connectivity index (χ2v) is 5.77. The normalized spacial score (nSPS) is 11.7. The molecule has 0 amide bonds. The maximum Gasteiger partial charge on any atom is 0.329 e. The molecule has 0 heterocycles. The summed E-state index contributed by atoms with van der Waals surface area (Å²) in [5.41, 5.74) is 0. The molecule has 0 aromatic heterocycles. The van der Waals surface area contributed by atoms with Crippen molar-refractivity contribution in [2.75, 3.05) is 26.8 Å². The maximum absolute atomic E-state index is 12.7. The third-order valence-electron chi connectivity index (χ3n) is 2.30. The van der Waals surface area contributed by atoms with Crippen LogP contribution in [0.3, 0.4) is 0 Å². The molecule has 6 nitrogen and oxygen atoms in total. The zero-order valence-corrected chi connectivity index (χ0v) is 11.1. The van der Waals surface area contributed by atoms with Gasteiger partial charge in [-0.15, -0.1) is 0 Å². The van der Waals surface area contributed by atoms with Gasteiger partial charge in [-0.25, -0.2) is 17.6 Å². The van der Waals surface area contributed by atoms with Crippen molar-refractivity contribution in [3.63, 3.8) is 0 Å². The summed E-state index contributed by atoms with van der Waals surface area (Å²) in [6.07, 6.45) is 0. The molecule has 0 radical (unpaired) electrons. The van der Waals surface area contributed by atoms with E-state index >= 15 is 0 Å². The molecule has 106 valence electrons. The van der Waals surface area contributed by atoms with Gasteiger partial charge in [-0.1, -0.05) is 0 Å². The molecule has 0 saturated heterocycles. The zero-order valence-electron chi connectivity index (χ0n) is 10.2. The Balaban J connectivity index is 2.61. The minimum absolute atomic E-state index is 0.00693. The van der Waals surface area contributed by atoms with E-state index in [4.69, 9.17) is 9.84 Å². The van der Waals surface area contributed by atoms with E-state index in [1.807, 2.05) is 0 Å². The highest BCUT2D eigenvalue weighted by molar-refractivity contribution is 7.89. The van der Waals surface area contributed by atoms with Crippen molar-refractivity contribution < 1.29 is 27.4 Å². The lowest BCUT2D eigenvalue weighted by molar-refractivity contribution is -0.142. The van der Waals surface area contributed by atoms with Crippen molar-refractivity contribution in [1.29, 1.82) is 0 Å². The molecular formula is C11H14FNO5S. The quantitative estimate of drug-likeness (QED) is 0.742. The average Bonchev–Trinajstić information content (AvgIpc) is 2.34. The first-order valence-corrected chi connectivity index (χ1v) is 6.79. The largest absolute Gasteiger partial charge is 0.480 e. The van der Waals surface area contributed by atoms with Crippen LogP contribution in [0.15, 0.2) is 29.2 Å². The fourth-order valence-electron chi connectivity index (χ4n) is 1.26. The minimum atomic E-state index is -3.72. The van der Waals surface area contributed by atoms with Crippen LogP contribution < -0.4 is 0 Å². The van der Waals surface area contributed by atoms with Crippen molar-refractivity contribution in [2.45, 2.75) is 4.90 Å². The Morgan fingerprint density at radius 3 is 2.47 bits per heavy atom. The molecule has 0 bridgehead atoms. The van der Waals surface area contributed by atoms with E-state index in [9.17, 15) is 17.6 Å². The summed E-state index contributed by atoms with van der Waals surface area (Å²) >= 11 is 0. The van der Waals surface area contributed by atoms with Crippen molar-refractivity contribution >= 4 is 16.0 Å². The van der Waals surface area contributed by atoms with E-state index < -0.39 is 28.4 Å². The lowest BCUT2D eigenvalue weighted by atomic mass is 10.4. The Bertz CT molecular complexity index is 529. The number of ether oxygens (including phenoxy) is 1. The maximum atomic E-state index is 12.7. The summed E-state index contributed by atoms with van der Waals surface area (Å²) in [6.45, 7) is -0.513. The fourth-order valence-corrected chi connectivity index (χ4v) is 2.41. The van der Waals surface area contributed by atoms with Gasteiger partial charge in [0, 0.05) is 13.6 Å². The van der Waals surface area contributed by atoms with E-state index in [1.54, 1.807) is 0 Å². The zero-order chi connectivity index (χ0) is 14.5. The average molecular weight is 291 g/mol. The summed E-state index contributed by atoms with van der Waals surface area (Å²) in [7, 11) is -2.38.